The molecule has 0 radical (unpaired) electrons. The van der Waals surface area contributed by atoms with Gasteiger partial charge in [0, 0.05) is 19.3 Å². The SMILES string of the molecule is CCCC1(C(=O)O)CCN(C(=O)c2cn[nH]c2)C1. The molecule has 1 amide bonds. The van der Waals surface area contributed by atoms with Crippen LogP contribution in [0.15, 0.2) is 12.4 Å². The molecular weight excluding hydrogens is 234 g/mol. The van der Waals surface area contributed by atoms with Gasteiger partial charge in [-0.3, -0.25) is 14.7 Å². The predicted octanol–water partition coefficient (Wildman–Crippen LogP) is 1.13. The van der Waals surface area contributed by atoms with Crippen molar-refractivity contribution in [1.82, 2.24) is 15.1 Å². The molecule has 2 N–H and O–H groups in total. The molecule has 1 aromatic heterocycles. The number of nitrogens with zero attached hydrogens (tertiary/aromatic N) is 2. The highest BCUT2D eigenvalue weighted by atomic mass is 16.4. The molecule has 0 aliphatic carbocycles. The molecule has 1 atom stereocenters. The van der Waals surface area contributed by atoms with E-state index in [0.717, 1.165) is 6.42 Å². The van der Waals surface area contributed by atoms with Gasteiger partial charge in [0.05, 0.1) is 17.2 Å². The summed E-state index contributed by atoms with van der Waals surface area (Å²) in [5, 5.41) is 15.7. The summed E-state index contributed by atoms with van der Waals surface area (Å²) in [6, 6.07) is 0. The van der Waals surface area contributed by atoms with Crippen molar-refractivity contribution in [2.45, 2.75) is 26.2 Å². The molecule has 0 aromatic carbocycles. The van der Waals surface area contributed by atoms with Crippen LogP contribution in [0.1, 0.15) is 36.5 Å². The largest absolute Gasteiger partial charge is 0.481 e. The molecule has 1 aromatic rings. The minimum atomic E-state index is -0.799. The summed E-state index contributed by atoms with van der Waals surface area (Å²) in [6.07, 6.45) is 4.93. The number of hydrogen-bond donors (Lipinski definition) is 2. The lowest BCUT2D eigenvalue weighted by Crippen LogP contribution is -2.36. The Balaban J connectivity index is 2.11. The third kappa shape index (κ3) is 2.10. The summed E-state index contributed by atoms with van der Waals surface area (Å²) in [5.74, 6) is -0.949. The van der Waals surface area contributed by atoms with Crippen LogP contribution in [-0.2, 0) is 4.79 Å². The standard InChI is InChI=1S/C12H17N3O3/c1-2-3-12(11(17)18)4-5-15(8-12)10(16)9-6-13-14-7-9/h6-7H,2-5,8H2,1H3,(H,13,14)(H,17,18). The number of rotatable bonds is 4. The van der Waals surface area contributed by atoms with Gasteiger partial charge in [-0.2, -0.15) is 5.10 Å². The number of carboxylic acid groups (broad SMARTS) is 1. The quantitative estimate of drug-likeness (QED) is 0.839. The normalized spacial score (nSPS) is 23.3. The van der Waals surface area contributed by atoms with Crippen molar-refractivity contribution in [3.05, 3.63) is 18.0 Å². The van der Waals surface area contributed by atoms with Crippen molar-refractivity contribution < 1.29 is 14.7 Å². The van der Waals surface area contributed by atoms with Crippen molar-refractivity contribution in [2.24, 2.45) is 5.41 Å². The van der Waals surface area contributed by atoms with Gasteiger partial charge >= 0.3 is 5.97 Å². The average Bonchev–Trinajstić information content (AvgIpc) is 2.98. The second-order valence-electron chi connectivity index (χ2n) is 4.80. The van der Waals surface area contributed by atoms with Gasteiger partial charge in [0.25, 0.3) is 5.91 Å². The number of hydrogen-bond acceptors (Lipinski definition) is 3. The Labute approximate surface area is 105 Å². The lowest BCUT2D eigenvalue weighted by Gasteiger charge is -2.23. The van der Waals surface area contributed by atoms with Crippen molar-refractivity contribution >= 4 is 11.9 Å². The van der Waals surface area contributed by atoms with Gasteiger partial charge in [0.2, 0.25) is 0 Å². The molecule has 98 valence electrons. The molecule has 2 heterocycles. The smallest absolute Gasteiger partial charge is 0.311 e. The predicted molar refractivity (Wildman–Crippen MR) is 64.1 cm³/mol. The molecule has 18 heavy (non-hydrogen) atoms. The third-order valence-electron chi connectivity index (χ3n) is 3.57. The summed E-state index contributed by atoms with van der Waals surface area (Å²) in [4.78, 5) is 25.1. The first-order chi connectivity index (χ1) is 8.59. The van der Waals surface area contributed by atoms with Crippen molar-refractivity contribution in [3.63, 3.8) is 0 Å². The van der Waals surface area contributed by atoms with E-state index in [0.29, 0.717) is 31.5 Å². The van der Waals surface area contributed by atoms with Crippen LogP contribution in [0.3, 0.4) is 0 Å². The van der Waals surface area contributed by atoms with Crippen LogP contribution in [0.5, 0.6) is 0 Å². The van der Waals surface area contributed by atoms with Crippen LogP contribution in [-0.4, -0.2) is 45.2 Å². The molecule has 1 aliphatic heterocycles. The minimum absolute atomic E-state index is 0.150. The van der Waals surface area contributed by atoms with Crippen LogP contribution in [0.25, 0.3) is 0 Å². The van der Waals surface area contributed by atoms with Gasteiger partial charge in [-0.25, -0.2) is 0 Å². The van der Waals surface area contributed by atoms with E-state index >= 15 is 0 Å². The maximum absolute atomic E-state index is 12.1. The minimum Gasteiger partial charge on any atom is -0.481 e. The first-order valence-corrected chi connectivity index (χ1v) is 6.10. The summed E-state index contributed by atoms with van der Waals surface area (Å²) in [5.41, 5.74) is -0.290. The number of carbonyl (C=O) groups is 2. The highest BCUT2D eigenvalue weighted by molar-refractivity contribution is 5.94. The molecule has 6 heteroatoms. The van der Waals surface area contributed by atoms with E-state index in [1.807, 2.05) is 6.92 Å². The molecule has 0 bridgehead atoms. The number of nitrogens with one attached hydrogen (secondary N) is 1. The summed E-state index contributed by atoms with van der Waals surface area (Å²) >= 11 is 0. The van der Waals surface area contributed by atoms with Crippen molar-refractivity contribution in [3.8, 4) is 0 Å². The highest BCUT2D eigenvalue weighted by Gasteiger charge is 2.45. The highest BCUT2D eigenvalue weighted by Crippen LogP contribution is 2.36. The Kier molecular flexibility index (Phi) is 3.36. The Morgan fingerprint density at radius 1 is 1.61 bits per heavy atom. The van der Waals surface area contributed by atoms with E-state index in [4.69, 9.17) is 0 Å². The van der Waals surface area contributed by atoms with E-state index < -0.39 is 11.4 Å². The molecule has 6 nitrogen and oxygen atoms in total. The fraction of sp³-hybridized carbons (Fsp3) is 0.583. The van der Waals surface area contributed by atoms with Crippen LogP contribution in [0.4, 0.5) is 0 Å². The van der Waals surface area contributed by atoms with E-state index in [1.54, 1.807) is 4.90 Å². The lowest BCUT2D eigenvalue weighted by molar-refractivity contribution is -0.148. The van der Waals surface area contributed by atoms with Crippen molar-refractivity contribution in [1.29, 1.82) is 0 Å². The van der Waals surface area contributed by atoms with Gasteiger partial charge < -0.3 is 10.0 Å². The van der Waals surface area contributed by atoms with Crippen LogP contribution < -0.4 is 0 Å². The molecule has 1 saturated heterocycles. The molecule has 0 saturated carbocycles. The van der Waals surface area contributed by atoms with Crippen LogP contribution in [0, 0.1) is 5.41 Å². The average molecular weight is 251 g/mol. The summed E-state index contributed by atoms with van der Waals surface area (Å²) in [6.45, 7) is 2.75. The Hall–Kier alpha value is -1.85. The van der Waals surface area contributed by atoms with Gasteiger partial charge in [0.15, 0.2) is 0 Å². The zero-order valence-electron chi connectivity index (χ0n) is 10.3. The number of aromatic amines is 1. The topological polar surface area (TPSA) is 86.3 Å². The maximum Gasteiger partial charge on any atom is 0.311 e. The zero-order valence-corrected chi connectivity index (χ0v) is 10.3. The third-order valence-corrected chi connectivity index (χ3v) is 3.57. The second-order valence-corrected chi connectivity index (χ2v) is 4.80. The fourth-order valence-electron chi connectivity index (χ4n) is 2.56. The summed E-state index contributed by atoms with van der Waals surface area (Å²) in [7, 11) is 0. The number of carboxylic acids is 1. The fourth-order valence-corrected chi connectivity index (χ4v) is 2.56. The van der Waals surface area contributed by atoms with E-state index in [-0.39, 0.29) is 5.91 Å². The first kappa shape index (κ1) is 12.6. The number of H-pyrrole nitrogens is 1. The molecule has 1 unspecified atom stereocenters. The van der Waals surface area contributed by atoms with Gasteiger partial charge in [-0.15, -0.1) is 0 Å². The van der Waals surface area contributed by atoms with E-state index in [1.165, 1.54) is 12.4 Å². The van der Waals surface area contributed by atoms with Crippen LogP contribution >= 0.6 is 0 Å². The monoisotopic (exact) mass is 251 g/mol. The van der Waals surface area contributed by atoms with Crippen LogP contribution in [0.2, 0.25) is 0 Å². The van der Waals surface area contributed by atoms with Gasteiger partial charge in [0.1, 0.15) is 0 Å². The first-order valence-electron chi connectivity index (χ1n) is 6.10. The van der Waals surface area contributed by atoms with Gasteiger partial charge in [-0.05, 0) is 12.8 Å². The summed E-state index contributed by atoms with van der Waals surface area (Å²) < 4.78 is 0. The molecular formula is C12H17N3O3. The number of amides is 1. The Bertz CT molecular complexity index is 443. The maximum atomic E-state index is 12.1. The van der Waals surface area contributed by atoms with Crippen molar-refractivity contribution in [2.75, 3.05) is 13.1 Å². The lowest BCUT2D eigenvalue weighted by atomic mass is 9.83. The van der Waals surface area contributed by atoms with E-state index in [9.17, 15) is 14.7 Å². The molecule has 1 aliphatic rings. The number of aromatic nitrogens is 2. The number of aliphatic carboxylic acids is 1. The van der Waals surface area contributed by atoms with Gasteiger partial charge in [-0.1, -0.05) is 13.3 Å². The number of carbonyl (C=O) groups excluding carboxylic acids is 1. The zero-order chi connectivity index (χ0) is 13.2. The second kappa shape index (κ2) is 4.80. The van der Waals surface area contributed by atoms with E-state index in [2.05, 4.69) is 10.2 Å². The molecule has 2 rings (SSSR count). The number of likely N-dealkylation sites (tertiary alicyclic amines) is 1. The molecule has 0 spiro atoms. The molecule has 1 fully saturated rings. The Morgan fingerprint density at radius 2 is 2.39 bits per heavy atom. The Morgan fingerprint density at radius 3 is 2.94 bits per heavy atom.